The third kappa shape index (κ3) is 3.73. The number of benzene rings is 1. The lowest BCUT2D eigenvalue weighted by Gasteiger charge is -2.26. The second kappa shape index (κ2) is 5.08. The molecule has 0 amide bonds. The van der Waals surface area contributed by atoms with Crippen molar-refractivity contribution in [2.24, 2.45) is 5.41 Å². The first-order valence-electron chi connectivity index (χ1n) is 5.56. The Bertz CT molecular complexity index is 373. The molecule has 17 heavy (non-hydrogen) atoms. The minimum Gasteiger partial charge on any atom is -0.313 e. The van der Waals surface area contributed by atoms with Crippen LogP contribution in [0.4, 0.5) is 13.2 Å². The second-order valence-corrected chi connectivity index (χ2v) is 5.39. The summed E-state index contributed by atoms with van der Waals surface area (Å²) in [5, 5.41) is 2.87. The van der Waals surface area contributed by atoms with Crippen LogP contribution in [0, 0.1) is 22.9 Å². The Kier molecular flexibility index (Phi) is 4.20. The quantitative estimate of drug-likeness (QED) is 0.854. The molecule has 1 aromatic rings. The maximum absolute atomic E-state index is 13.6. The fraction of sp³-hybridized carbons (Fsp3) is 0.538. The van der Waals surface area contributed by atoms with Crippen LogP contribution in [0.3, 0.4) is 0 Å². The van der Waals surface area contributed by atoms with Gasteiger partial charge in [-0.2, -0.15) is 0 Å². The zero-order chi connectivity index (χ0) is 13.2. The molecule has 1 unspecified atom stereocenters. The molecular weight excluding hydrogens is 227 g/mol. The molecule has 0 aliphatic heterocycles. The lowest BCUT2D eigenvalue weighted by molar-refractivity contribution is 0.310. The van der Waals surface area contributed by atoms with Gasteiger partial charge in [-0.15, -0.1) is 0 Å². The van der Waals surface area contributed by atoms with Crippen LogP contribution >= 0.6 is 0 Å². The van der Waals surface area contributed by atoms with Crippen molar-refractivity contribution in [2.75, 3.05) is 7.05 Å². The van der Waals surface area contributed by atoms with Crippen molar-refractivity contribution in [1.29, 1.82) is 0 Å². The van der Waals surface area contributed by atoms with Crippen molar-refractivity contribution in [1.82, 2.24) is 5.32 Å². The summed E-state index contributed by atoms with van der Waals surface area (Å²) < 4.78 is 40.0. The average Bonchev–Trinajstić information content (AvgIpc) is 2.12. The van der Waals surface area contributed by atoms with Gasteiger partial charge in [-0.05, 0) is 18.9 Å². The summed E-state index contributed by atoms with van der Waals surface area (Å²) in [5.74, 6) is -2.58. The van der Waals surface area contributed by atoms with E-state index in [-0.39, 0.29) is 11.0 Å². The summed E-state index contributed by atoms with van der Waals surface area (Å²) in [5.41, 5.74) is -0.176. The SMILES string of the molecule is CNC(CC(C)(C)C)c1c(F)cc(F)cc1F. The van der Waals surface area contributed by atoms with E-state index < -0.39 is 23.5 Å². The molecule has 0 fully saturated rings. The van der Waals surface area contributed by atoms with E-state index in [1.807, 2.05) is 20.8 Å². The highest BCUT2D eigenvalue weighted by molar-refractivity contribution is 5.24. The van der Waals surface area contributed by atoms with Gasteiger partial charge in [0.05, 0.1) is 0 Å². The first-order chi connectivity index (χ1) is 7.74. The number of nitrogens with one attached hydrogen (secondary N) is 1. The number of hydrogen-bond acceptors (Lipinski definition) is 1. The van der Waals surface area contributed by atoms with E-state index in [2.05, 4.69) is 5.32 Å². The zero-order valence-corrected chi connectivity index (χ0v) is 10.6. The Hall–Kier alpha value is -1.03. The second-order valence-electron chi connectivity index (χ2n) is 5.39. The third-order valence-electron chi connectivity index (χ3n) is 2.56. The van der Waals surface area contributed by atoms with Crippen molar-refractivity contribution >= 4 is 0 Å². The van der Waals surface area contributed by atoms with Gasteiger partial charge in [-0.25, -0.2) is 13.2 Å². The lowest BCUT2D eigenvalue weighted by Crippen LogP contribution is -2.24. The molecule has 0 aromatic heterocycles. The minimum atomic E-state index is -0.894. The van der Waals surface area contributed by atoms with Gasteiger partial charge in [0.25, 0.3) is 0 Å². The van der Waals surface area contributed by atoms with Crippen LogP contribution in [0.1, 0.15) is 38.8 Å². The first-order valence-corrected chi connectivity index (χ1v) is 5.56. The Labute approximate surface area is 100 Å². The summed E-state index contributed by atoms with van der Waals surface area (Å²) in [6, 6.07) is 0.965. The molecule has 0 bridgehead atoms. The molecule has 0 aliphatic carbocycles. The standard InChI is InChI=1S/C13H18F3N/c1-13(2,3)7-11(17-4)12-9(15)5-8(14)6-10(12)16/h5-6,11,17H,7H2,1-4H3. The average molecular weight is 245 g/mol. The van der Waals surface area contributed by atoms with Crippen LogP contribution < -0.4 is 5.32 Å². The predicted octanol–water partition coefficient (Wildman–Crippen LogP) is 3.80. The summed E-state index contributed by atoms with van der Waals surface area (Å²) >= 11 is 0. The highest BCUT2D eigenvalue weighted by Gasteiger charge is 2.24. The lowest BCUT2D eigenvalue weighted by atomic mass is 9.85. The van der Waals surface area contributed by atoms with Crippen molar-refractivity contribution in [2.45, 2.75) is 33.2 Å². The van der Waals surface area contributed by atoms with Crippen LogP contribution in [0.15, 0.2) is 12.1 Å². The molecule has 0 heterocycles. The Morgan fingerprint density at radius 2 is 1.59 bits per heavy atom. The van der Waals surface area contributed by atoms with Crippen LogP contribution in [-0.4, -0.2) is 7.05 Å². The van der Waals surface area contributed by atoms with Gasteiger partial charge < -0.3 is 5.32 Å². The van der Waals surface area contributed by atoms with E-state index in [0.29, 0.717) is 18.6 Å². The van der Waals surface area contributed by atoms with Gasteiger partial charge in [-0.1, -0.05) is 20.8 Å². The minimum absolute atomic E-state index is 0.0824. The van der Waals surface area contributed by atoms with Crippen molar-refractivity contribution in [3.63, 3.8) is 0 Å². The molecule has 96 valence electrons. The van der Waals surface area contributed by atoms with Crippen LogP contribution in [-0.2, 0) is 0 Å². The third-order valence-corrected chi connectivity index (χ3v) is 2.56. The molecule has 0 aliphatic rings. The highest BCUT2D eigenvalue weighted by Crippen LogP contribution is 2.32. The van der Waals surface area contributed by atoms with Gasteiger partial charge in [0.2, 0.25) is 0 Å². The molecule has 1 nitrogen and oxygen atoms in total. The van der Waals surface area contributed by atoms with Gasteiger partial charge in [0.1, 0.15) is 17.5 Å². The van der Waals surface area contributed by atoms with Crippen molar-refractivity contribution < 1.29 is 13.2 Å². The summed E-state index contributed by atoms with van der Waals surface area (Å²) in [6.07, 6.45) is 0.559. The van der Waals surface area contributed by atoms with Crippen molar-refractivity contribution in [3.05, 3.63) is 35.1 Å². The van der Waals surface area contributed by atoms with E-state index in [4.69, 9.17) is 0 Å². The van der Waals surface area contributed by atoms with Gasteiger partial charge in [0.15, 0.2) is 0 Å². The maximum atomic E-state index is 13.6. The molecule has 1 atom stereocenters. The zero-order valence-electron chi connectivity index (χ0n) is 10.6. The molecule has 0 saturated carbocycles. The molecule has 1 rings (SSSR count). The molecule has 4 heteroatoms. The summed E-state index contributed by atoms with van der Waals surface area (Å²) in [4.78, 5) is 0. The van der Waals surface area contributed by atoms with E-state index in [1.54, 1.807) is 7.05 Å². The molecule has 0 saturated heterocycles. The van der Waals surface area contributed by atoms with Crippen LogP contribution in [0.2, 0.25) is 0 Å². The van der Waals surface area contributed by atoms with E-state index in [0.717, 1.165) is 0 Å². The molecule has 0 spiro atoms. The summed E-state index contributed by atoms with van der Waals surface area (Å²) in [7, 11) is 1.64. The predicted molar refractivity (Wildman–Crippen MR) is 62.2 cm³/mol. The van der Waals surface area contributed by atoms with E-state index in [9.17, 15) is 13.2 Å². The molecule has 1 N–H and O–H groups in total. The molecule has 1 aromatic carbocycles. The largest absolute Gasteiger partial charge is 0.313 e. The Balaban J connectivity index is 3.12. The van der Waals surface area contributed by atoms with Crippen LogP contribution in [0.25, 0.3) is 0 Å². The molecule has 0 radical (unpaired) electrons. The molecular formula is C13H18F3N. The fourth-order valence-corrected chi connectivity index (χ4v) is 1.85. The smallest absolute Gasteiger partial charge is 0.133 e. The normalized spacial score (nSPS) is 13.8. The summed E-state index contributed by atoms with van der Waals surface area (Å²) in [6.45, 7) is 5.95. The van der Waals surface area contributed by atoms with Crippen molar-refractivity contribution in [3.8, 4) is 0 Å². The first kappa shape index (κ1) is 14.0. The topological polar surface area (TPSA) is 12.0 Å². The van der Waals surface area contributed by atoms with Gasteiger partial charge in [0, 0.05) is 23.7 Å². The Morgan fingerprint density at radius 3 is 1.94 bits per heavy atom. The number of rotatable bonds is 3. The number of hydrogen-bond donors (Lipinski definition) is 1. The Morgan fingerprint density at radius 1 is 1.12 bits per heavy atom. The van der Waals surface area contributed by atoms with E-state index >= 15 is 0 Å². The van der Waals surface area contributed by atoms with Gasteiger partial charge >= 0.3 is 0 Å². The monoisotopic (exact) mass is 245 g/mol. The fourth-order valence-electron chi connectivity index (χ4n) is 1.85. The van der Waals surface area contributed by atoms with Gasteiger partial charge in [-0.3, -0.25) is 0 Å². The highest BCUT2D eigenvalue weighted by atomic mass is 19.1. The van der Waals surface area contributed by atoms with E-state index in [1.165, 1.54) is 0 Å². The number of halogens is 3. The maximum Gasteiger partial charge on any atom is 0.133 e. The van der Waals surface area contributed by atoms with Crippen LogP contribution in [0.5, 0.6) is 0 Å².